The van der Waals surface area contributed by atoms with Gasteiger partial charge in [0.15, 0.2) is 6.17 Å². The van der Waals surface area contributed by atoms with Crippen molar-refractivity contribution >= 4 is 5.97 Å². The van der Waals surface area contributed by atoms with Gasteiger partial charge in [-0.05, 0) is 6.92 Å². The molecule has 4 N–H and O–H groups in total. The monoisotopic (exact) mass is 166 g/mol. The molecule has 0 heterocycles. The van der Waals surface area contributed by atoms with Gasteiger partial charge in [0.25, 0.3) is 0 Å². The minimum Gasteiger partial charge on any atom is -1.00 e. The molecule has 52 valence electrons. The fraction of sp³-hybridized carbons (Fsp3) is 0.750. The summed E-state index contributed by atoms with van der Waals surface area (Å²) in [6.07, 6.45) is -0.991. The van der Waals surface area contributed by atoms with Gasteiger partial charge in [-0.15, -0.1) is 0 Å². The van der Waals surface area contributed by atoms with Crippen molar-refractivity contribution in [3.05, 3.63) is 0 Å². The Balaban J connectivity index is -0.0000000408. The average Bonchev–Trinajstić information content (AvgIpc) is 1.67. The molecule has 0 unspecified atom stereocenters. The number of carbonyl (C=O) groups excluding carboxylic acids is 1. The molecule has 0 aliphatic carbocycles. The topological polar surface area (TPSA) is 78.3 Å². The first-order chi connectivity index (χ1) is 3.68. The van der Waals surface area contributed by atoms with E-state index in [1.165, 1.54) is 0 Å². The predicted molar refractivity (Wildman–Crippen MR) is 31.0 cm³/mol. The molecule has 0 radical (unpaired) electrons. The van der Waals surface area contributed by atoms with Crippen LogP contribution in [0.5, 0.6) is 0 Å². The number of hydrogen-bond acceptors (Lipinski definition) is 4. The van der Waals surface area contributed by atoms with Crippen LogP contribution in [0.3, 0.4) is 0 Å². The molecule has 0 aliphatic heterocycles. The van der Waals surface area contributed by atoms with Crippen molar-refractivity contribution in [2.24, 2.45) is 11.5 Å². The molecule has 0 fully saturated rings. The molecule has 10 heavy (non-hydrogen) atoms. The van der Waals surface area contributed by atoms with Gasteiger partial charge in [0.1, 0.15) is 0 Å². The summed E-state index contributed by atoms with van der Waals surface area (Å²) in [6.45, 7) is 2.02. The van der Waals surface area contributed by atoms with E-state index in [1.807, 2.05) is 0 Å². The van der Waals surface area contributed by atoms with Crippen LogP contribution in [0.25, 0.3) is 0 Å². The number of esters is 1. The van der Waals surface area contributed by atoms with Crippen molar-refractivity contribution in [2.75, 3.05) is 6.61 Å². The zero-order valence-corrected chi connectivity index (χ0v) is 10.8. The second kappa shape index (κ2) is 10.4. The van der Waals surface area contributed by atoms with E-state index in [1.54, 1.807) is 6.92 Å². The summed E-state index contributed by atoms with van der Waals surface area (Å²) in [4.78, 5) is 10.3. The van der Waals surface area contributed by atoms with E-state index >= 15 is 0 Å². The Kier molecular flexibility index (Phi) is 18.1. The van der Waals surface area contributed by atoms with Crippen molar-refractivity contribution < 1.29 is 71.5 Å². The minimum atomic E-state index is -0.991. The van der Waals surface area contributed by atoms with Crippen LogP contribution in [0.4, 0.5) is 0 Å². The van der Waals surface area contributed by atoms with Crippen LogP contribution in [0.2, 0.25) is 0 Å². The quantitative estimate of drug-likeness (QED) is 0.243. The number of hydrogen-bond donors (Lipinski definition) is 2. The fourth-order valence-corrected chi connectivity index (χ4v) is 0.238. The molecule has 6 heteroatoms. The maximum Gasteiger partial charge on any atom is 1.00 e. The molecule has 0 spiro atoms. The van der Waals surface area contributed by atoms with Gasteiger partial charge in [0.05, 0.1) is 6.61 Å². The first-order valence-corrected chi connectivity index (χ1v) is 2.36. The van der Waals surface area contributed by atoms with E-state index in [4.69, 9.17) is 11.5 Å². The number of carbonyl (C=O) groups is 1. The second-order valence-electron chi connectivity index (χ2n) is 1.28. The summed E-state index contributed by atoms with van der Waals surface area (Å²) >= 11 is 0. The van der Waals surface area contributed by atoms with Crippen molar-refractivity contribution in [2.45, 2.75) is 13.1 Å². The van der Waals surface area contributed by atoms with Gasteiger partial charge in [-0.2, -0.15) is 0 Å². The summed E-state index contributed by atoms with van der Waals surface area (Å²) in [7, 11) is 0. The van der Waals surface area contributed by atoms with Crippen LogP contribution >= 0.6 is 0 Å². The number of ether oxygens (including phenoxy) is 1. The average molecular weight is 166 g/mol. The Hall–Kier alpha value is 1.39. The van der Waals surface area contributed by atoms with Gasteiger partial charge in [-0.25, -0.2) is 4.79 Å². The van der Waals surface area contributed by atoms with Gasteiger partial charge in [0, 0.05) is 0 Å². The van der Waals surface area contributed by atoms with E-state index in [0.717, 1.165) is 0 Å². The van der Waals surface area contributed by atoms with Crippen LogP contribution in [0, 0.1) is 0 Å². The first-order valence-electron chi connectivity index (χ1n) is 2.36. The van der Waals surface area contributed by atoms with E-state index < -0.39 is 12.1 Å². The predicted octanol–water partition coefficient (Wildman–Crippen LogP) is -6.97. The molecule has 0 rings (SSSR count). The minimum absolute atomic E-state index is 0. The first kappa shape index (κ1) is 17.5. The van der Waals surface area contributed by atoms with E-state index in [9.17, 15) is 4.79 Å². The number of nitrogens with two attached hydrogens (primary N) is 2. The summed E-state index contributed by atoms with van der Waals surface area (Å²) in [5.41, 5.74) is 9.85. The van der Waals surface area contributed by atoms with Gasteiger partial charge in [-0.3, -0.25) is 0 Å². The molecule has 0 saturated heterocycles. The Morgan fingerprint density at radius 1 is 1.60 bits per heavy atom. The molecule has 0 atom stereocenters. The molecule has 0 aliphatic rings. The van der Waals surface area contributed by atoms with Crippen molar-refractivity contribution in [1.82, 2.24) is 0 Å². The normalized spacial score (nSPS) is 7.60. The van der Waals surface area contributed by atoms with Gasteiger partial charge in [0.2, 0.25) is 0 Å². The third-order valence-corrected chi connectivity index (χ3v) is 0.559. The smallest absolute Gasteiger partial charge is 1.00 e. The van der Waals surface area contributed by atoms with E-state index in [-0.39, 0.29) is 62.0 Å². The molecule has 0 amide bonds. The molecular formula is C4H12N2Na2O2. The number of rotatable bonds is 2. The summed E-state index contributed by atoms with van der Waals surface area (Å²) < 4.78 is 4.41. The molecule has 0 aromatic carbocycles. The van der Waals surface area contributed by atoms with Crippen LogP contribution in [0.1, 0.15) is 9.78 Å². The molecule has 0 aromatic heterocycles. The summed E-state index contributed by atoms with van der Waals surface area (Å²) in [5.74, 6) is -0.562. The Morgan fingerprint density at radius 3 is 2.10 bits per heavy atom. The van der Waals surface area contributed by atoms with E-state index in [0.29, 0.717) is 6.61 Å². The zero-order valence-electron chi connectivity index (χ0n) is 8.76. The third-order valence-electron chi connectivity index (χ3n) is 0.559. The van der Waals surface area contributed by atoms with Crippen molar-refractivity contribution in [3.8, 4) is 0 Å². The van der Waals surface area contributed by atoms with Gasteiger partial charge < -0.3 is 19.1 Å². The Labute approximate surface area is 108 Å². The van der Waals surface area contributed by atoms with Crippen LogP contribution in [-0.4, -0.2) is 18.7 Å². The maximum absolute atomic E-state index is 10.3. The zero-order chi connectivity index (χ0) is 6.57. The second-order valence-corrected chi connectivity index (χ2v) is 1.28. The van der Waals surface area contributed by atoms with Crippen molar-refractivity contribution in [3.63, 3.8) is 0 Å². The summed E-state index contributed by atoms with van der Waals surface area (Å²) in [6, 6.07) is 0. The van der Waals surface area contributed by atoms with E-state index in [2.05, 4.69) is 4.74 Å². The molecule has 0 saturated carbocycles. The van der Waals surface area contributed by atoms with Crippen LogP contribution in [0.15, 0.2) is 0 Å². The largest absolute Gasteiger partial charge is 1.00 e. The summed E-state index contributed by atoms with van der Waals surface area (Å²) in [5, 5.41) is 0. The molecule has 0 bridgehead atoms. The maximum atomic E-state index is 10.3. The third kappa shape index (κ3) is 9.39. The SMILES string of the molecule is CCOC(=O)C(N)N.[H-].[H-].[Na+].[Na+]. The van der Waals surface area contributed by atoms with Gasteiger partial charge >= 0.3 is 65.1 Å². The van der Waals surface area contributed by atoms with Crippen LogP contribution < -0.4 is 70.6 Å². The Morgan fingerprint density at radius 2 is 2.00 bits per heavy atom. The van der Waals surface area contributed by atoms with Crippen molar-refractivity contribution in [1.29, 1.82) is 0 Å². The molecular weight excluding hydrogens is 154 g/mol. The fourth-order valence-electron chi connectivity index (χ4n) is 0.238. The van der Waals surface area contributed by atoms with Gasteiger partial charge in [-0.1, -0.05) is 0 Å². The molecule has 4 nitrogen and oxygen atoms in total. The molecule has 0 aromatic rings. The Bertz CT molecular complexity index is 97.1. The van der Waals surface area contributed by atoms with Crippen LogP contribution in [-0.2, 0) is 9.53 Å². The standard InChI is InChI=1S/C4H10N2O2.2Na.2H/c1-2-8-4(7)3(5)6;;;;/h3H,2,5-6H2,1H3;;;;/q;2*+1;2*-1.